The van der Waals surface area contributed by atoms with E-state index in [-0.39, 0.29) is 17.2 Å². The molecule has 0 N–H and O–H groups in total. The van der Waals surface area contributed by atoms with E-state index in [0.29, 0.717) is 18.0 Å². The topological polar surface area (TPSA) is 73.1 Å². The van der Waals surface area contributed by atoms with Gasteiger partial charge in [-0.3, -0.25) is 4.79 Å². The van der Waals surface area contributed by atoms with Gasteiger partial charge >= 0.3 is 0 Å². The lowest BCUT2D eigenvalue weighted by Gasteiger charge is -2.42. The zero-order valence-electron chi connectivity index (χ0n) is 15.7. The lowest BCUT2D eigenvalue weighted by Crippen LogP contribution is -2.38. The molecule has 1 aliphatic heterocycles. The van der Waals surface area contributed by atoms with Crippen LogP contribution in [0.5, 0.6) is 5.88 Å². The van der Waals surface area contributed by atoms with Crippen molar-refractivity contribution >= 4 is 5.91 Å². The van der Waals surface area contributed by atoms with Crippen molar-refractivity contribution in [3.63, 3.8) is 0 Å². The Hall–Kier alpha value is -2.44. The van der Waals surface area contributed by atoms with E-state index in [4.69, 9.17) is 4.74 Å². The number of methoxy groups -OCH3 is 1. The van der Waals surface area contributed by atoms with Crippen molar-refractivity contribution in [3.8, 4) is 5.88 Å². The second kappa shape index (κ2) is 6.32. The van der Waals surface area contributed by atoms with Gasteiger partial charge in [-0.1, -0.05) is 6.42 Å². The van der Waals surface area contributed by atoms with Crippen molar-refractivity contribution in [2.24, 2.45) is 11.3 Å². The van der Waals surface area contributed by atoms with Crippen LogP contribution in [0.15, 0.2) is 24.7 Å². The van der Waals surface area contributed by atoms with Crippen LogP contribution in [0.3, 0.4) is 0 Å². The summed E-state index contributed by atoms with van der Waals surface area (Å²) in [5.41, 5.74) is 0.787. The van der Waals surface area contributed by atoms with Gasteiger partial charge in [0, 0.05) is 37.8 Å². The van der Waals surface area contributed by atoms with Crippen molar-refractivity contribution in [1.82, 2.24) is 24.6 Å². The van der Waals surface area contributed by atoms with Crippen LogP contribution >= 0.6 is 0 Å². The first-order chi connectivity index (χ1) is 13.2. The van der Waals surface area contributed by atoms with Crippen LogP contribution < -0.4 is 4.74 Å². The summed E-state index contributed by atoms with van der Waals surface area (Å²) in [7, 11) is 1.58. The number of amides is 1. The number of nitrogens with zero attached hydrogens (tertiary/aromatic N) is 5. The number of carbonyl (C=O) groups is 1. The van der Waals surface area contributed by atoms with E-state index in [1.54, 1.807) is 25.4 Å². The van der Waals surface area contributed by atoms with Crippen molar-refractivity contribution < 1.29 is 9.53 Å². The molecule has 3 heterocycles. The zero-order valence-corrected chi connectivity index (χ0v) is 15.7. The molecule has 2 aromatic rings. The Labute approximate surface area is 158 Å². The molecule has 142 valence electrons. The maximum atomic E-state index is 13.1. The van der Waals surface area contributed by atoms with Crippen molar-refractivity contribution in [2.45, 2.75) is 44.6 Å². The van der Waals surface area contributed by atoms with Crippen molar-refractivity contribution in [2.75, 3.05) is 20.2 Å². The van der Waals surface area contributed by atoms with Crippen molar-refractivity contribution in [1.29, 1.82) is 0 Å². The Morgan fingerprint density at radius 1 is 1.33 bits per heavy atom. The Kier molecular flexibility index (Phi) is 3.91. The number of pyridine rings is 1. The third-order valence-corrected chi connectivity index (χ3v) is 6.59. The SMILES string of the molecule is COc1ccc(C(=O)N2CC(c3nncn3CC3CC3)C3(CCC3)C2)cn1. The average molecular weight is 367 g/mol. The average Bonchev–Trinajstić information content (AvgIpc) is 3.20. The van der Waals surface area contributed by atoms with Crippen LogP contribution in [-0.4, -0.2) is 50.8 Å². The minimum Gasteiger partial charge on any atom is -0.481 e. The second-order valence-corrected chi connectivity index (χ2v) is 8.33. The molecular weight excluding hydrogens is 342 g/mol. The molecular formula is C20H25N5O2. The maximum absolute atomic E-state index is 13.1. The number of aromatic nitrogens is 4. The van der Waals surface area contributed by atoms with Crippen LogP contribution in [0.25, 0.3) is 0 Å². The minimum absolute atomic E-state index is 0.0483. The number of hydrogen-bond donors (Lipinski definition) is 0. The lowest BCUT2D eigenvalue weighted by atomic mass is 9.62. The molecule has 3 aliphatic rings. The number of rotatable bonds is 5. The van der Waals surface area contributed by atoms with Crippen LogP contribution in [0.2, 0.25) is 0 Å². The predicted octanol–water partition coefficient (Wildman–Crippen LogP) is 2.50. The summed E-state index contributed by atoms with van der Waals surface area (Å²) in [6.07, 6.45) is 9.66. The van der Waals surface area contributed by atoms with E-state index in [1.165, 1.54) is 32.1 Å². The Morgan fingerprint density at radius 2 is 2.19 bits per heavy atom. The Bertz CT molecular complexity index is 838. The van der Waals surface area contributed by atoms with E-state index < -0.39 is 0 Å². The highest BCUT2D eigenvalue weighted by Gasteiger charge is 2.53. The van der Waals surface area contributed by atoms with Gasteiger partial charge in [-0.25, -0.2) is 4.98 Å². The van der Waals surface area contributed by atoms with E-state index >= 15 is 0 Å². The zero-order chi connectivity index (χ0) is 18.4. The monoisotopic (exact) mass is 367 g/mol. The van der Waals surface area contributed by atoms with E-state index in [2.05, 4.69) is 19.7 Å². The van der Waals surface area contributed by atoms with Crippen LogP contribution in [-0.2, 0) is 6.54 Å². The molecule has 0 bridgehead atoms. The molecule has 0 aromatic carbocycles. The van der Waals surface area contributed by atoms with E-state index in [0.717, 1.165) is 24.8 Å². The first kappa shape index (κ1) is 16.7. The summed E-state index contributed by atoms with van der Waals surface area (Å²) >= 11 is 0. The molecule has 2 aromatic heterocycles. The second-order valence-electron chi connectivity index (χ2n) is 8.33. The molecule has 2 aliphatic carbocycles. The molecule has 7 heteroatoms. The van der Waals surface area contributed by atoms with Gasteiger partial charge < -0.3 is 14.2 Å². The standard InChI is InChI=1S/C20H25N5O2/c1-27-17-6-5-15(9-21-17)19(26)24-11-16(20(12-24)7-2-8-20)18-23-22-13-25(18)10-14-3-4-14/h5-6,9,13-14,16H,2-4,7-8,10-12H2,1H3. The molecule has 1 saturated heterocycles. The highest BCUT2D eigenvalue weighted by atomic mass is 16.5. The highest BCUT2D eigenvalue weighted by Crippen LogP contribution is 2.55. The maximum Gasteiger partial charge on any atom is 0.255 e. The summed E-state index contributed by atoms with van der Waals surface area (Å²) < 4.78 is 7.34. The number of ether oxygens (including phenoxy) is 1. The van der Waals surface area contributed by atoms with Gasteiger partial charge in [0.2, 0.25) is 5.88 Å². The molecule has 1 amide bonds. The van der Waals surface area contributed by atoms with Gasteiger partial charge in [-0.15, -0.1) is 10.2 Å². The Morgan fingerprint density at radius 3 is 2.81 bits per heavy atom. The molecule has 2 saturated carbocycles. The molecule has 1 spiro atoms. The Balaban J connectivity index is 1.39. The van der Waals surface area contributed by atoms with Gasteiger partial charge in [0.15, 0.2) is 0 Å². The molecule has 5 rings (SSSR count). The van der Waals surface area contributed by atoms with Gasteiger partial charge in [0.1, 0.15) is 12.2 Å². The summed E-state index contributed by atoms with van der Waals surface area (Å²) in [6.45, 7) is 2.54. The quantitative estimate of drug-likeness (QED) is 0.812. The van der Waals surface area contributed by atoms with Gasteiger partial charge in [-0.05, 0) is 43.1 Å². The summed E-state index contributed by atoms with van der Waals surface area (Å²) in [5.74, 6) is 2.70. The van der Waals surface area contributed by atoms with Crippen LogP contribution in [0.4, 0.5) is 0 Å². The van der Waals surface area contributed by atoms with Gasteiger partial charge in [0.25, 0.3) is 5.91 Å². The highest BCUT2D eigenvalue weighted by molar-refractivity contribution is 5.94. The lowest BCUT2D eigenvalue weighted by molar-refractivity contribution is 0.0722. The minimum atomic E-state index is 0.0483. The molecule has 0 radical (unpaired) electrons. The third kappa shape index (κ3) is 2.89. The van der Waals surface area contributed by atoms with Crippen LogP contribution in [0, 0.1) is 11.3 Å². The predicted molar refractivity (Wildman–Crippen MR) is 98.5 cm³/mol. The van der Waals surface area contributed by atoms with E-state index in [1.807, 2.05) is 11.2 Å². The molecule has 1 atom stereocenters. The fourth-order valence-corrected chi connectivity index (χ4v) is 4.68. The van der Waals surface area contributed by atoms with Crippen LogP contribution in [0.1, 0.15) is 54.2 Å². The number of likely N-dealkylation sites (tertiary alicyclic amines) is 1. The third-order valence-electron chi connectivity index (χ3n) is 6.59. The van der Waals surface area contributed by atoms with Gasteiger partial charge in [0.05, 0.1) is 12.7 Å². The summed E-state index contributed by atoms with van der Waals surface area (Å²) in [5, 5.41) is 8.70. The number of hydrogen-bond acceptors (Lipinski definition) is 5. The fraction of sp³-hybridized carbons (Fsp3) is 0.600. The molecule has 1 unspecified atom stereocenters. The summed E-state index contributed by atoms with van der Waals surface area (Å²) in [4.78, 5) is 19.2. The smallest absolute Gasteiger partial charge is 0.255 e. The van der Waals surface area contributed by atoms with E-state index in [9.17, 15) is 4.79 Å². The normalized spacial score (nSPS) is 23.4. The van der Waals surface area contributed by atoms with Crippen molar-refractivity contribution in [3.05, 3.63) is 36.0 Å². The molecule has 3 fully saturated rings. The number of carbonyl (C=O) groups excluding carboxylic acids is 1. The van der Waals surface area contributed by atoms with Gasteiger partial charge in [-0.2, -0.15) is 0 Å². The fourth-order valence-electron chi connectivity index (χ4n) is 4.68. The largest absolute Gasteiger partial charge is 0.481 e. The molecule has 7 nitrogen and oxygen atoms in total. The first-order valence-corrected chi connectivity index (χ1v) is 9.85. The first-order valence-electron chi connectivity index (χ1n) is 9.85. The molecule has 27 heavy (non-hydrogen) atoms. The summed E-state index contributed by atoms with van der Waals surface area (Å²) in [6, 6.07) is 3.54.